The highest BCUT2D eigenvalue weighted by Gasteiger charge is 2.17. The Bertz CT molecular complexity index is 297. The van der Waals surface area contributed by atoms with Crippen LogP contribution >= 0.6 is 0 Å². The van der Waals surface area contributed by atoms with Gasteiger partial charge in [-0.05, 0) is 20.3 Å². The van der Waals surface area contributed by atoms with Crippen LogP contribution in [0.2, 0.25) is 0 Å². The molecule has 0 radical (unpaired) electrons. The van der Waals surface area contributed by atoms with Crippen molar-refractivity contribution < 1.29 is 14.4 Å². The maximum Gasteiger partial charge on any atom is 0.306 e. The van der Waals surface area contributed by atoms with E-state index in [0.717, 1.165) is 11.3 Å². The van der Waals surface area contributed by atoms with E-state index in [9.17, 15) is 4.79 Å². The van der Waals surface area contributed by atoms with Crippen LogP contribution in [0.15, 0.2) is 4.52 Å². The summed E-state index contributed by atoms with van der Waals surface area (Å²) >= 11 is 0. The number of nitrogens with zero attached hydrogens (tertiary/aromatic N) is 1. The van der Waals surface area contributed by atoms with Crippen molar-refractivity contribution in [2.24, 2.45) is 5.92 Å². The van der Waals surface area contributed by atoms with E-state index >= 15 is 0 Å². The van der Waals surface area contributed by atoms with Crippen molar-refractivity contribution in [3.8, 4) is 0 Å². The molecule has 0 aliphatic rings. The molecule has 1 heterocycles. The Morgan fingerprint density at radius 1 is 1.62 bits per heavy atom. The molecule has 1 atom stereocenters. The monoisotopic (exact) mass is 183 g/mol. The molecule has 4 heteroatoms. The van der Waals surface area contributed by atoms with Crippen molar-refractivity contribution >= 4 is 5.97 Å². The van der Waals surface area contributed by atoms with Crippen molar-refractivity contribution in [1.82, 2.24) is 5.16 Å². The van der Waals surface area contributed by atoms with Crippen LogP contribution in [0.25, 0.3) is 0 Å². The molecule has 0 aliphatic heterocycles. The Labute approximate surface area is 76.5 Å². The fourth-order valence-corrected chi connectivity index (χ4v) is 1.19. The third-order valence-corrected chi connectivity index (χ3v) is 2.11. The van der Waals surface area contributed by atoms with E-state index in [-0.39, 0.29) is 0 Å². The molecular formula is C9H13NO3. The summed E-state index contributed by atoms with van der Waals surface area (Å²) in [7, 11) is 0. The number of carboxylic acids is 1. The molecule has 13 heavy (non-hydrogen) atoms. The van der Waals surface area contributed by atoms with Gasteiger partial charge >= 0.3 is 5.97 Å². The highest BCUT2D eigenvalue weighted by molar-refractivity contribution is 5.70. The number of hydrogen-bond donors (Lipinski definition) is 1. The van der Waals surface area contributed by atoms with Crippen molar-refractivity contribution in [2.45, 2.75) is 27.2 Å². The van der Waals surface area contributed by atoms with Gasteiger partial charge in [0, 0.05) is 5.56 Å². The minimum absolute atomic E-state index is 0.392. The van der Waals surface area contributed by atoms with Crippen LogP contribution in [0.3, 0.4) is 0 Å². The van der Waals surface area contributed by atoms with Gasteiger partial charge in [-0.2, -0.15) is 0 Å². The average molecular weight is 183 g/mol. The van der Waals surface area contributed by atoms with Crippen LogP contribution in [-0.4, -0.2) is 16.2 Å². The highest BCUT2D eigenvalue weighted by atomic mass is 16.5. The number of aromatic nitrogens is 1. The van der Waals surface area contributed by atoms with Gasteiger partial charge in [-0.25, -0.2) is 0 Å². The molecule has 1 N–H and O–H groups in total. The molecule has 1 rings (SSSR count). The minimum atomic E-state index is -0.792. The maximum absolute atomic E-state index is 10.6. The first-order chi connectivity index (χ1) is 6.02. The van der Waals surface area contributed by atoms with E-state index in [1.54, 1.807) is 13.8 Å². The summed E-state index contributed by atoms with van der Waals surface area (Å²) in [6.07, 6.45) is 0.483. The lowest BCUT2D eigenvalue weighted by Crippen LogP contribution is -2.12. The summed E-state index contributed by atoms with van der Waals surface area (Å²) in [6, 6.07) is 0. The second kappa shape index (κ2) is 3.60. The standard InChI is InChI=1S/C9H13NO3/c1-5(9(11)12)4-8-6(2)10-13-7(8)3/h5H,4H2,1-3H3,(H,11,12)/t5-/m1/s1. The third-order valence-electron chi connectivity index (χ3n) is 2.11. The van der Waals surface area contributed by atoms with Crippen LogP contribution in [-0.2, 0) is 11.2 Å². The third kappa shape index (κ3) is 2.08. The molecule has 0 saturated heterocycles. The molecular weight excluding hydrogens is 170 g/mol. The number of rotatable bonds is 3. The van der Waals surface area contributed by atoms with Gasteiger partial charge in [0.1, 0.15) is 5.76 Å². The van der Waals surface area contributed by atoms with E-state index in [0.29, 0.717) is 12.2 Å². The van der Waals surface area contributed by atoms with Gasteiger partial charge in [0.15, 0.2) is 0 Å². The van der Waals surface area contributed by atoms with Crippen molar-refractivity contribution in [3.63, 3.8) is 0 Å². The number of carbonyl (C=O) groups is 1. The Balaban J connectivity index is 2.79. The average Bonchev–Trinajstić information content (AvgIpc) is 2.35. The molecule has 4 nitrogen and oxygen atoms in total. The SMILES string of the molecule is Cc1noc(C)c1C[C@@H](C)C(=O)O. The molecule has 0 spiro atoms. The summed E-state index contributed by atoms with van der Waals surface area (Å²) in [5, 5.41) is 12.5. The second-order valence-electron chi connectivity index (χ2n) is 3.25. The predicted octanol–water partition coefficient (Wildman–Crippen LogP) is 1.55. The normalized spacial score (nSPS) is 12.8. The first-order valence-corrected chi connectivity index (χ1v) is 4.17. The molecule has 1 aromatic rings. The number of aryl methyl sites for hydroxylation is 2. The van der Waals surface area contributed by atoms with Crippen LogP contribution < -0.4 is 0 Å². The molecule has 0 aliphatic carbocycles. The number of carboxylic acid groups (broad SMARTS) is 1. The van der Waals surface area contributed by atoms with E-state index < -0.39 is 11.9 Å². The molecule has 72 valence electrons. The summed E-state index contributed by atoms with van der Waals surface area (Å²) < 4.78 is 4.93. The Kier molecular flexibility index (Phi) is 2.70. The highest BCUT2D eigenvalue weighted by Crippen LogP contribution is 2.16. The van der Waals surface area contributed by atoms with Crippen molar-refractivity contribution in [1.29, 1.82) is 0 Å². The van der Waals surface area contributed by atoms with Gasteiger partial charge in [-0.3, -0.25) is 4.79 Å². The van der Waals surface area contributed by atoms with E-state index in [1.165, 1.54) is 0 Å². The van der Waals surface area contributed by atoms with Crippen LogP contribution in [0.4, 0.5) is 0 Å². The first-order valence-electron chi connectivity index (χ1n) is 4.17. The molecule has 0 aromatic carbocycles. The smallest absolute Gasteiger partial charge is 0.306 e. The molecule has 1 aromatic heterocycles. The fraction of sp³-hybridized carbons (Fsp3) is 0.556. The van der Waals surface area contributed by atoms with Gasteiger partial charge in [0.05, 0.1) is 11.6 Å². The van der Waals surface area contributed by atoms with Gasteiger partial charge < -0.3 is 9.63 Å². The van der Waals surface area contributed by atoms with E-state index in [4.69, 9.17) is 9.63 Å². The first kappa shape index (κ1) is 9.77. The van der Waals surface area contributed by atoms with Gasteiger partial charge in [0.25, 0.3) is 0 Å². The summed E-state index contributed by atoms with van der Waals surface area (Å²) in [5.74, 6) is -0.470. The van der Waals surface area contributed by atoms with E-state index in [2.05, 4.69) is 5.16 Å². The van der Waals surface area contributed by atoms with Crippen molar-refractivity contribution in [3.05, 3.63) is 17.0 Å². The molecule has 0 fully saturated rings. The van der Waals surface area contributed by atoms with Gasteiger partial charge in [-0.15, -0.1) is 0 Å². The second-order valence-corrected chi connectivity index (χ2v) is 3.25. The van der Waals surface area contributed by atoms with Crippen LogP contribution in [0.5, 0.6) is 0 Å². The van der Waals surface area contributed by atoms with Gasteiger partial charge in [0.2, 0.25) is 0 Å². The topological polar surface area (TPSA) is 63.3 Å². The summed E-state index contributed by atoms with van der Waals surface area (Å²) in [6.45, 7) is 5.29. The lowest BCUT2D eigenvalue weighted by Gasteiger charge is -2.04. The molecule has 0 unspecified atom stereocenters. The largest absolute Gasteiger partial charge is 0.481 e. The fourth-order valence-electron chi connectivity index (χ4n) is 1.19. The molecule has 0 saturated carbocycles. The molecule has 0 amide bonds. The van der Waals surface area contributed by atoms with Crippen LogP contribution in [0.1, 0.15) is 23.9 Å². The number of hydrogen-bond acceptors (Lipinski definition) is 3. The zero-order valence-electron chi connectivity index (χ0n) is 8.00. The maximum atomic E-state index is 10.6. The zero-order valence-corrected chi connectivity index (χ0v) is 8.00. The Hall–Kier alpha value is -1.32. The van der Waals surface area contributed by atoms with Gasteiger partial charge in [-0.1, -0.05) is 12.1 Å². The lowest BCUT2D eigenvalue weighted by atomic mass is 10.0. The zero-order chi connectivity index (χ0) is 10.0. The number of aliphatic carboxylic acids is 1. The molecule has 0 bridgehead atoms. The Morgan fingerprint density at radius 2 is 2.23 bits per heavy atom. The van der Waals surface area contributed by atoms with Crippen molar-refractivity contribution in [2.75, 3.05) is 0 Å². The van der Waals surface area contributed by atoms with Crippen LogP contribution in [0, 0.1) is 19.8 Å². The Morgan fingerprint density at radius 3 is 2.62 bits per heavy atom. The summed E-state index contributed by atoms with van der Waals surface area (Å²) in [4.78, 5) is 10.6. The minimum Gasteiger partial charge on any atom is -0.481 e. The summed E-state index contributed by atoms with van der Waals surface area (Å²) in [5.41, 5.74) is 1.69. The van der Waals surface area contributed by atoms with E-state index in [1.807, 2.05) is 6.92 Å². The quantitative estimate of drug-likeness (QED) is 0.772. The lowest BCUT2D eigenvalue weighted by molar-refractivity contribution is -0.141. The predicted molar refractivity (Wildman–Crippen MR) is 46.5 cm³/mol.